The number of piperazine rings is 1. The predicted octanol–water partition coefficient (Wildman–Crippen LogP) is -0.428. The third-order valence-corrected chi connectivity index (χ3v) is 3.55. The summed E-state index contributed by atoms with van der Waals surface area (Å²) in [4.78, 5) is 5.05. The maximum absolute atomic E-state index is 5.75. The van der Waals surface area contributed by atoms with Crippen molar-refractivity contribution < 1.29 is 0 Å². The van der Waals surface area contributed by atoms with Crippen molar-refractivity contribution in [2.24, 2.45) is 5.84 Å². The van der Waals surface area contributed by atoms with Crippen molar-refractivity contribution in [2.75, 3.05) is 46.3 Å². The monoisotopic (exact) mass is 198 g/mol. The largest absolute Gasteiger partial charge is 0.306 e. The van der Waals surface area contributed by atoms with Gasteiger partial charge >= 0.3 is 0 Å². The van der Waals surface area contributed by atoms with Crippen LogP contribution >= 0.6 is 0 Å². The summed E-state index contributed by atoms with van der Waals surface area (Å²) in [5, 5.41) is 1.94. The molecule has 0 aromatic heterocycles. The van der Waals surface area contributed by atoms with Crippen molar-refractivity contribution in [1.29, 1.82) is 0 Å². The third kappa shape index (κ3) is 2.45. The SMILES string of the molecule is CN1CCC(N2CCN(N)CC2)CC1. The van der Waals surface area contributed by atoms with E-state index in [1.165, 1.54) is 25.9 Å². The molecule has 2 heterocycles. The Balaban J connectivity index is 1.78. The van der Waals surface area contributed by atoms with Crippen LogP contribution in [0.5, 0.6) is 0 Å². The molecule has 2 aliphatic rings. The van der Waals surface area contributed by atoms with Crippen LogP contribution in [0.1, 0.15) is 12.8 Å². The highest BCUT2D eigenvalue weighted by Crippen LogP contribution is 2.16. The summed E-state index contributed by atoms with van der Waals surface area (Å²) < 4.78 is 0. The van der Waals surface area contributed by atoms with E-state index in [2.05, 4.69) is 16.8 Å². The standard InChI is InChI=1S/C10H22N4/c1-12-4-2-10(3-5-12)13-6-8-14(11)9-7-13/h10H,2-9,11H2,1H3. The Kier molecular flexibility index (Phi) is 3.38. The number of rotatable bonds is 1. The number of nitrogens with two attached hydrogens (primary N) is 1. The summed E-state index contributed by atoms with van der Waals surface area (Å²) in [6.07, 6.45) is 2.67. The molecule has 0 aliphatic carbocycles. The second-order valence-corrected chi connectivity index (χ2v) is 4.61. The Morgan fingerprint density at radius 2 is 1.50 bits per heavy atom. The van der Waals surface area contributed by atoms with Crippen molar-refractivity contribution in [3.05, 3.63) is 0 Å². The van der Waals surface area contributed by atoms with Gasteiger partial charge in [-0.05, 0) is 33.0 Å². The van der Waals surface area contributed by atoms with Crippen LogP contribution in [0.2, 0.25) is 0 Å². The summed E-state index contributed by atoms with van der Waals surface area (Å²) in [7, 11) is 2.22. The molecular formula is C10H22N4. The number of likely N-dealkylation sites (tertiary alicyclic amines) is 1. The highest BCUT2D eigenvalue weighted by Gasteiger charge is 2.25. The third-order valence-electron chi connectivity index (χ3n) is 3.55. The quantitative estimate of drug-likeness (QED) is 0.580. The summed E-state index contributed by atoms with van der Waals surface area (Å²) >= 11 is 0. The Bertz CT molecular complexity index is 149. The van der Waals surface area contributed by atoms with Gasteiger partial charge in [0.1, 0.15) is 0 Å². The zero-order chi connectivity index (χ0) is 9.97. The zero-order valence-electron chi connectivity index (χ0n) is 9.15. The van der Waals surface area contributed by atoms with Crippen molar-refractivity contribution >= 4 is 0 Å². The molecule has 2 N–H and O–H groups in total. The molecule has 0 unspecified atom stereocenters. The van der Waals surface area contributed by atoms with E-state index in [9.17, 15) is 0 Å². The normalized spacial score (nSPS) is 29.6. The Morgan fingerprint density at radius 1 is 0.929 bits per heavy atom. The lowest BCUT2D eigenvalue weighted by Gasteiger charge is -2.41. The molecule has 2 rings (SSSR count). The van der Waals surface area contributed by atoms with Crippen molar-refractivity contribution in [2.45, 2.75) is 18.9 Å². The molecule has 0 spiro atoms. The van der Waals surface area contributed by atoms with E-state index in [0.29, 0.717) is 0 Å². The van der Waals surface area contributed by atoms with Gasteiger partial charge in [0.05, 0.1) is 0 Å². The van der Waals surface area contributed by atoms with Crippen molar-refractivity contribution in [3.63, 3.8) is 0 Å². The Morgan fingerprint density at radius 3 is 2.07 bits per heavy atom. The highest BCUT2D eigenvalue weighted by atomic mass is 15.4. The summed E-state index contributed by atoms with van der Waals surface area (Å²) in [5.41, 5.74) is 0. The predicted molar refractivity (Wildman–Crippen MR) is 57.9 cm³/mol. The minimum Gasteiger partial charge on any atom is -0.306 e. The zero-order valence-corrected chi connectivity index (χ0v) is 9.15. The second-order valence-electron chi connectivity index (χ2n) is 4.61. The average molecular weight is 198 g/mol. The van der Waals surface area contributed by atoms with Crippen LogP contribution in [0.25, 0.3) is 0 Å². The van der Waals surface area contributed by atoms with Gasteiger partial charge in [-0.2, -0.15) is 0 Å². The minimum atomic E-state index is 0.819. The maximum atomic E-state index is 5.75. The van der Waals surface area contributed by atoms with Gasteiger partial charge in [0, 0.05) is 32.2 Å². The molecule has 2 aliphatic heterocycles. The molecule has 0 bridgehead atoms. The fourth-order valence-corrected chi connectivity index (χ4v) is 2.46. The summed E-state index contributed by atoms with van der Waals surface area (Å²) in [6.45, 7) is 6.90. The van der Waals surface area contributed by atoms with E-state index >= 15 is 0 Å². The molecule has 0 aromatic carbocycles. The van der Waals surface area contributed by atoms with Crippen LogP contribution in [0.3, 0.4) is 0 Å². The van der Waals surface area contributed by atoms with Crippen molar-refractivity contribution in [3.8, 4) is 0 Å². The van der Waals surface area contributed by atoms with E-state index in [-0.39, 0.29) is 0 Å². The molecule has 0 radical (unpaired) electrons. The molecule has 0 aromatic rings. The first-order chi connectivity index (χ1) is 6.75. The lowest BCUT2D eigenvalue weighted by Crippen LogP contribution is -2.54. The van der Waals surface area contributed by atoms with Crippen LogP contribution in [0.15, 0.2) is 0 Å². The lowest BCUT2D eigenvalue weighted by atomic mass is 10.0. The van der Waals surface area contributed by atoms with Gasteiger partial charge < -0.3 is 4.90 Å². The lowest BCUT2D eigenvalue weighted by molar-refractivity contribution is 0.0648. The molecule has 14 heavy (non-hydrogen) atoms. The molecule has 82 valence electrons. The van der Waals surface area contributed by atoms with Gasteiger partial charge in [0.2, 0.25) is 0 Å². The van der Waals surface area contributed by atoms with Crippen LogP contribution in [-0.4, -0.2) is 67.2 Å². The fraction of sp³-hybridized carbons (Fsp3) is 1.00. The summed E-state index contributed by atoms with van der Waals surface area (Å²) in [6, 6.07) is 0.819. The fourth-order valence-electron chi connectivity index (χ4n) is 2.46. The van der Waals surface area contributed by atoms with E-state index in [4.69, 9.17) is 5.84 Å². The highest BCUT2D eigenvalue weighted by molar-refractivity contribution is 4.81. The molecule has 0 atom stereocenters. The molecule has 4 heteroatoms. The topological polar surface area (TPSA) is 35.7 Å². The van der Waals surface area contributed by atoms with Crippen LogP contribution in [0.4, 0.5) is 0 Å². The molecule has 0 amide bonds. The molecule has 0 saturated carbocycles. The average Bonchev–Trinajstić information content (AvgIpc) is 2.21. The first kappa shape index (κ1) is 10.4. The number of nitrogens with zero attached hydrogens (tertiary/aromatic N) is 3. The van der Waals surface area contributed by atoms with Gasteiger partial charge in [-0.1, -0.05) is 0 Å². The second kappa shape index (κ2) is 4.57. The Hall–Kier alpha value is -0.160. The van der Waals surface area contributed by atoms with Crippen LogP contribution in [-0.2, 0) is 0 Å². The van der Waals surface area contributed by atoms with E-state index < -0.39 is 0 Å². The van der Waals surface area contributed by atoms with Gasteiger partial charge in [0.25, 0.3) is 0 Å². The van der Waals surface area contributed by atoms with Crippen molar-refractivity contribution in [1.82, 2.24) is 14.8 Å². The van der Waals surface area contributed by atoms with Crippen LogP contribution in [0, 0.1) is 0 Å². The molecular weight excluding hydrogens is 176 g/mol. The van der Waals surface area contributed by atoms with Gasteiger partial charge in [-0.15, -0.1) is 0 Å². The van der Waals surface area contributed by atoms with Gasteiger partial charge in [-0.3, -0.25) is 10.7 Å². The van der Waals surface area contributed by atoms with E-state index in [1.807, 2.05) is 5.01 Å². The van der Waals surface area contributed by atoms with E-state index in [0.717, 1.165) is 32.2 Å². The Labute approximate surface area is 86.6 Å². The maximum Gasteiger partial charge on any atom is 0.0257 e. The van der Waals surface area contributed by atoms with Crippen LogP contribution < -0.4 is 5.84 Å². The molecule has 2 saturated heterocycles. The number of hydrazine groups is 1. The van der Waals surface area contributed by atoms with Gasteiger partial charge in [0.15, 0.2) is 0 Å². The minimum absolute atomic E-state index is 0.819. The number of piperidine rings is 1. The number of hydrogen-bond donors (Lipinski definition) is 1. The molecule has 4 nitrogen and oxygen atoms in total. The molecule has 2 fully saturated rings. The first-order valence-corrected chi connectivity index (χ1v) is 5.68. The smallest absolute Gasteiger partial charge is 0.0257 e. The first-order valence-electron chi connectivity index (χ1n) is 5.68. The summed E-state index contributed by atoms with van der Waals surface area (Å²) in [5.74, 6) is 5.75. The number of hydrogen-bond acceptors (Lipinski definition) is 4. The van der Waals surface area contributed by atoms with Gasteiger partial charge in [-0.25, -0.2) is 5.01 Å². The van der Waals surface area contributed by atoms with E-state index in [1.54, 1.807) is 0 Å².